The highest BCUT2D eigenvalue weighted by molar-refractivity contribution is 5.78. The van der Waals surface area contributed by atoms with Crippen LogP contribution in [0.5, 0.6) is 5.75 Å². The molecule has 0 saturated heterocycles. The van der Waals surface area contributed by atoms with Crippen LogP contribution in [-0.4, -0.2) is 24.7 Å². The van der Waals surface area contributed by atoms with E-state index >= 15 is 0 Å². The molecule has 4 nitrogen and oxygen atoms in total. The molecule has 0 radical (unpaired) electrons. The Balaban J connectivity index is 2.94. The van der Waals surface area contributed by atoms with Crippen molar-refractivity contribution in [3.8, 4) is 5.75 Å². The van der Waals surface area contributed by atoms with E-state index in [0.29, 0.717) is 12.4 Å². The van der Waals surface area contributed by atoms with Crippen LogP contribution < -0.4 is 4.74 Å². The van der Waals surface area contributed by atoms with E-state index in [4.69, 9.17) is 9.47 Å². The van der Waals surface area contributed by atoms with Gasteiger partial charge in [0.05, 0.1) is 25.8 Å². The molecule has 1 heterocycles. The highest BCUT2D eigenvalue weighted by Gasteiger charge is 2.25. The van der Waals surface area contributed by atoms with E-state index in [1.165, 1.54) is 7.11 Å². The number of esters is 1. The normalized spacial score (nSPS) is 12.3. The van der Waals surface area contributed by atoms with Crippen molar-refractivity contribution < 1.29 is 14.3 Å². The number of ether oxygens (including phenoxy) is 2. The van der Waals surface area contributed by atoms with Gasteiger partial charge in [0, 0.05) is 6.20 Å². The maximum Gasteiger partial charge on any atom is 0.313 e. The molecule has 0 saturated carbocycles. The molecule has 1 aromatic heterocycles. The lowest BCUT2D eigenvalue weighted by atomic mass is 9.89. The molecule has 1 rings (SSSR count). The lowest BCUT2D eigenvalue weighted by Crippen LogP contribution is -2.19. The molecule has 0 amide bonds. The average molecular weight is 251 g/mol. The minimum atomic E-state index is -0.298. The summed E-state index contributed by atoms with van der Waals surface area (Å²) in [7, 11) is 1.41. The summed E-state index contributed by atoms with van der Waals surface area (Å²) >= 11 is 0. The zero-order valence-corrected chi connectivity index (χ0v) is 11.5. The van der Waals surface area contributed by atoms with E-state index in [9.17, 15) is 4.79 Å². The molecule has 1 aromatic rings. The van der Waals surface area contributed by atoms with Crippen LogP contribution in [-0.2, 0) is 9.53 Å². The van der Waals surface area contributed by atoms with Gasteiger partial charge in [-0.1, -0.05) is 20.8 Å². The zero-order valence-electron chi connectivity index (χ0n) is 11.5. The Labute approximate surface area is 108 Å². The number of pyridine rings is 1. The summed E-state index contributed by atoms with van der Waals surface area (Å²) in [5.74, 6) is 0.316. The Morgan fingerprint density at radius 2 is 2.11 bits per heavy atom. The summed E-state index contributed by atoms with van der Waals surface area (Å²) in [5, 5.41) is 0. The maximum absolute atomic E-state index is 11.8. The Morgan fingerprint density at radius 3 is 2.67 bits per heavy atom. The van der Waals surface area contributed by atoms with E-state index < -0.39 is 0 Å². The average Bonchev–Trinajstić information content (AvgIpc) is 2.36. The molecule has 0 aliphatic carbocycles. The van der Waals surface area contributed by atoms with Crippen molar-refractivity contribution in [2.24, 2.45) is 5.92 Å². The smallest absolute Gasteiger partial charge is 0.313 e. The monoisotopic (exact) mass is 251 g/mol. The second-order valence-corrected chi connectivity index (χ2v) is 4.55. The molecule has 0 N–H and O–H groups in total. The first kappa shape index (κ1) is 14.5. The lowest BCUT2D eigenvalue weighted by molar-refractivity contribution is -0.143. The number of methoxy groups -OCH3 is 1. The largest absolute Gasteiger partial charge is 0.492 e. The summed E-state index contributed by atoms with van der Waals surface area (Å²) in [6.45, 7) is 6.67. The van der Waals surface area contributed by atoms with Crippen molar-refractivity contribution in [2.45, 2.75) is 33.1 Å². The van der Waals surface area contributed by atoms with Crippen molar-refractivity contribution in [1.82, 2.24) is 4.98 Å². The van der Waals surface area contributed by atoms with Crippen molar-refractivity contribution in [3.63, 3.8) is 0 Å². The number of carbonyl (C=O) groups excluding carboxylic acids is 1. The third-order valence-corrected chi connectivity index (χ3v) is 2.69. The van der Waals surface area contributed by atoms with Gasteiger partial charge in [0.25, 0.3) is 0 Å². The van der Waals surface area contributed by atoms with Gasteiger partial charge < -0.3 is 9.47 Å². The van der Waals surface area contributed by atoms with Gasteiger partial charge in [-0.25, -0.2) is 0 Å². The van der Waals surface area contributed by atoms with Crippen LogP contribution >= 0.6 is 0 Å². The molecule has 0 aliphatic heterocycles. The fourth-order valence-electron chi connectivity index (χ4n) is 1.82. The molecule has 0 fully saturated rings. The molecule has 18 heavy (non-hydrogen) atoms. The van der Waals surface area contributed by atoms with Gasteiger partial charge in [0.2, 0.25) is 0 Å². The van der Waals surface area contributed by atoms with Gasteiger partial charge >= 0.3 is 5.97 Å². The van der Waals surface area contributed by atoms with Crippen LogP contribution in [0.1, 0.15) is 38.7 Å². The Bertz CT molecular complexity index is 390. The van der Waals surface area contributed by atoms with Crippen LogP contribution in [0.15, 0.2) is 18.5 Å². The number of carbonyl (C=O) groups is 1. The maximum atomic E-state index is 11.8. The minimum absolute atomic E-state index is 0.153. The van der Waals surface area contributed by atoms with Crippen LogP contribution in [0.4, 0.5) is 0 Å². The quantitative estimate of drug-likeness (QED) is 0.729. The second kappa shape index (κ2) is 6.99. The molecule has 0 aliphatic rings. The van der Waals surface area contributed by atoms with Crippen LogP contribution in [0.2, 0.25) is 0 Å². The van der Waals surface area contributed by atoms with Gasteiger partial charge in [-0.05, 0) is 24.0 Å². The first-order valence-corrected chi connectivity index (χ1v) is 6.25. The predicted molar refractivity (Wildman–Crippen MR) is 69.6 cm³/mol. The van der Waals surface area contributed by atoms with Crippen molar-refractivity contribution in [1.29, 1.82) is 0 Å². The lowest BCUT2D eigenvalue weighted by Gasteiger charge is -2.18. The molecular weight excluding hydrogens is 230 g/mol. The van der Waals surface area contributed by atoms with E-state index in [0.717, 1.165) is 12.0 Å². The third-order valence-electron chi connectivity index (χ3n) is 2.69. The molecule has 0 aromatic carbocycles. The van der Waals surface area contributed by atoms with Crippen LogP contribution in [0.3, 0.4) is 0 Å². The molecule has 0 spiro atoms. The van der Waals surface area contributed by atoms with Crippen molar-refractivity contribution in [2.75, 3.05) is 13.7 Å². The highest BCUT2D eigenvalue weighted by atomic mass is 16.5. The number of nitrogens with zero attached hydrogens (tertiary/aromatic N) is 1. The standard InChI is InChI=1S/C14H21NO3/c1-5-6-18-12-7-11(8-15-9-12)13(10(2)3)14(16)17-4/h7-10,13H,5-6H2,1-4H3. The fourth-order valence-corrected chi connectivity index (χ4v) is 1.82. The Kier molecular flexibility index (Phi) is 5.62. The molecule has 4 heteroatoms. The second-order valence-electron chi connectivity index (χ2n) is 4.55. The van der Waals surface area contributed by atoms with Gasteiger partial charge in [-0.3, -0.25) is 9.78 Å². The minimum Gasteiger partial charge on any atom is -0.492 e. The molecule has 1 unspecified atom stereocenters. The summed E-state index contributed by atoms with van der Waals surface area (Å²) < 4.78 is 10.4. The van der Waals surface area contributed by atoms with Gasteiger partial charge in [-0.15, -0.1) is 0 Å². The third kappa shape index (κ3) is 3.72. The van der Waals surface area contributed by atoms with Crippen molar-refractivity contribution in [3.05, 3.63) is 24.0 Å². The molecular formula is C14H21NO3. The SMILES string of the molecule is CCCOc1cncc(C(C(=O)OC)C(C)C)c1. The first-order chi connectivity index (χ1) is 8.60. The summed E-state index contributed by atoms with van der Waals surface area (Å²) in [6.07, 6.45) is 4.29. The van der Waals surface area contributed by atoms with E-state index in [2.05, 4.69) is 4.98 Å². The predicted octanol–water partition coefficient (Wildman–Crippen LogP) is 2.78. The Morgan fingerprint density at radius 1 is 1.39 bits per heavy atom. The van der Waals surface area contributed by atoms with E-state index in [-0.39, 0.29) is 17.8 Å². The van der Waals surface area contributed by atoms with E-state index in [1.54, 1.807) is 12.4 Å². The van der Waals surface area contributed by atoms with Crippen LogP contribution in [0, 0.1) is 5.92 Å². The summed E-state index contributed by atoms with van der Waals surface area (Å²) in [4.78, 5) is 15.9. The zero-order chi connectivity index (χ0) is 13.5. The first-order valence-electron chi connectivity index (χ1n) is 6.25. The molecule has 0 bridgehead atoms. The van der Waals surface area contributed by atoms with Crippen molar-refractivity contribution >= 4 is 5.97 Å². The summed E-state index contributed by atoms with van der Waals surface area (Å²) in [6, 6.07) is 1.87. The summed E-state index contributed by atoms with van der Waals surface area (Å²) in [5.41, 5.74) is 0.838. The number of rotatable bonds is 6. The Hall–Kier alpha value is -1.58. The van der Waals surface area contributed by atoms with E-state index in [1.807, 2.05) is 26.8 Å². The topological polar surface area (TPSA) is 48.4 Å². The van der Waals surface area contributed by atoms with Gasteiger partial charge in [0.1, 0.15) is 5.75 Å². The fraction of sp³-hybridized carbons (Fsp3) is 0.571. The number of hydrogen-bond donors (Lipinski definition) is 0. The highest BCUT2D eigenvalue weighted by Crippen LogP contribution is 2.27. The van der Waals surface area contributed by atoms with Crippen LogP contribution in [0.25, 0.3) is 0 Å². The van der Waals surface area contributed by atoms with Gasteiger partial charge in [-0.2, -0.15) is 0 Å². The van der Waals surface area contributed by atoms with Gasteiger partial charge in [0.15, 0.2) is 0 Å². The molecule has 100 valence electrons. The number of hydrogen-bond acceptors (Lipinski definition) is 4. The number of aromatic nitrogens is 1. The molecule has 1 atom stereocenters.